The van der Waals surface area contributed by atoms with Crippen molar-refractivity contribution in [2.75, 3.05) is 19.0 Å². The summed E-state index contributed by atoms with van der Waals surface area (Å²) in [7, 11) is 1.59. The maximum Gasteiger partial charge on any atom is 0.255 e. The third-order valence-corrected chi connectivity index (χ3v) is 3.44. The van der Waals surface area contributed by atoms with E-state index < -0.39 is 0 Å². The van der Waals surface area contributed by atoms with Gasteiger partial charge in [-0.15, -0.1) is 0 Å². The van der Waals surface area contributed by atoms with Crippen LogP contribution in [0.25, 0.3) is 0 Å². The van der Waals surface area contributed by atoms with Crippen LogP contribution in [-0.2, 0) is 0 Å². The van der Waals surface area contributed by atoms with Gasteiger partial charge in [0.05, 0.1) is 18.2 Å². The first-order valence-corrected chi connectivity index (χ1v) is 7.31. The van der Waals surface area contributed by atoms with Crippen LogP contribution in [0, 0.1) is 0 Å². The molecule has 0 aliphatic carbocycles. The Labute approximate surface area is 132 Å². The lowest BCUT2D eigenvalue weighted by atomic mass is 10.2. The highest BCUT2D eigenvalue weighted by Gasteiger charge is 2.09. The largest absolute Gasteiger partial charge is 0.496 e. The van der Waals surface area contributed by atoms with Gasteiger partial charge in [-0.3, -0.25) is 4.79 Å². The Hall–Kier alpha value is -2.01. The molecule has 0 aliphatic heterocycles. The van der Waals surface area contributed by atoms with Gasteiger partial charge in [0, 0.05) is 11.3 Å². The Morgan fingerprint density at radius 2 is 2.05 bits per heavy atom. The maximum absolute atomic E-state index is 12.2. The van der Waals surface area contributed by atoms with Gasteiger partial charge in [-0.2, -0.15) is 0 Å². The van der Waals surface area contributed by atoms with E-state index >= 15 is 0 Å². The Kier molecular flexibility index (Phi) is 5.22. The topological polar surface area (TPSA) is 47.6 Å². The molecule has 0 aromatic heterocycles. The van der Waals surface area contributed by atoms with Crippen LogP contribution < -0.4 is 14.8 Å². The monoisotopic (exact) mass is 349 g/mol. The Bertz CT molecular complexity index is 643. The highest BCUT2D eigenvalue weighted by Crippen LogP contribution is 2.28. The van der Waals surface area contributed by atoms with Crippen molar-refractivity contribution in [2.24, 2.45) is 0 Å². The van der Waals surface area contributed by atoms with Gasteiger partial charge in [-0.05, 0) is 59.3 Å². The summed E-state index contributed by atoms with van der Waals surface area (Å²) >= 11 is 3.39. The number of carbonyl (C=O) groups is 1. The van der Waals surface area contributed by atoms with E-state index in [0.717, 1.165) is 4.47 Å². The molecule has 1 N–H and O–H groups in total. The predicted octanol–water partition coefficient (Wildman–Crippen LogP) is 4.11. The highest BCUT2D eigenvalue weighted by atomic mass is 79.9. The summed E-state index contributed by atoms with van der Waals surface area (Å²) in [6.07, 6.45) is 0. The molecule has 2 rings (SSSR count). The molecule has 0 bridgehead atoms. The number of carbonyl (C=O) groups excluding carboxylic acids is 1. The quantitative estimate of drug-likeness (QED) is 0.883. The Morgan fingerprint density at radius 3 is 2.71 bits per heavy atom. The minimum atomic E-state index is -0.186. The molecule has 0 fully saturated rings. The van der Waals surface area contributed by atoms with Crippen molar-refractivity contribution in [3.63, 3.8) is 0 Å². The zero-order valence-electron chi connectivity index (χ0n) is 11.9. The number of benzene rings is 2. The summed E-state index contributed by atoms with van der Waals surface area (Å²) in [5.74, 6) is 1.21. The van der Waals surface area contributed by atoms with Gasteiger partial charge in [-0.1, -0.05) is 6.07 Å². The van der Waals surface area contributed by atoms with E-state index in [9.17, 15) is 4.79 Å². The van der Waals surface area contributed by atoms with E-state index in [2.05, 4.69) is 21.2 Å². The zero-order valence-corrected chi connectivity index (χ0v) is 13.4. The average Bonchev–Trinajstić information content (AvgIpc) is 2.48. The van der Waals surface area contributed by atoms with Crippen molar-refractivity contribution in [3.8, 4) is 11.5 Å². The van der Waals surface area contributed by atoms with Crippen molar-refractivity contribution < 1.29 is 14.3 Å². The second-order valence-corrected chi connectivity index (χ2v) is 5.12. The normalized spacial score (nSPS) is 10.0. The number of hydrogen-bond acceptors (Lipinski definition) is 3. The van der Waals surface area contributed by atoms with Crippen LogP contribution in [-0.4, -0.2) is 19.6 Å². The highest BCUT2D eigenvalue weighted by molar-refractivity contribution is 9.10. The zero-order chi connectivity index (χ0) is 15.2. The molecule has 0 unspecified atom stereocenters. The van der Waals surface area contributed by atoms with Gasteiger partial charge in [-0.25, -0.2) is 0 Å². The summed E-state index contributed by atoms with van der Waals surface area (Å²) in [5, 5.41) is 2.84. The van der Waals surface area contributed by atoms with Crippen LogP contribution >= 0.6 is 15.9 Å². The van der Waals surface area contributed by atoms with Gasteiger partial charge in [0.25, 0.3) is 5.91 Å². The molecule has 1 amide bonds. The molecule has 21 heavy (non-hydrogen) atoms. The van der Waals surface area contributed by atoms with Crippen LogP contribution in [0.1, 0.15) is 17.3 Å². The van der Waals surface area contributed by atoms with Crippen molar-refractivity contribution in [2.45, 2.75) is 6.92 Å². The van der Waals surface area contributed by atoms with Crippen LogP contribution in [0.2, 0.25) is 0 Å². The van der Waals surface area contributed by atoms with E-state index in [4.69, 9.17) is 9.47 Å². The number of halogens is 1. The summed E-state index contributed by atoms with van der Waals surface area (Å²) in [4.78, 5) is 12.2. The molecule has 4 nitrogen and oxygen atoms in total. The van der Waals surface area contributed by atoms with E-state index in [1.54, 1.807) is 43.5 Å². The SMILES string of the molecule is CCOc1cccc(C(=O)Nc2ccc(OC)c(Br)c2)c1. The van der Waals surface area contributed by atoms with E-state index in [0.29, 0.717) is 29.4 Å². The third-order valence-electron chi connectivity index (χ3n) is 2.82. The fourth-order valence-corrected chi connectivity index (χ4v) is 2.38. The van der Waals surface area contributed by atoms with Crippen LogP contribution in [0.3, 0.4) is 0 Å². The van der Waals surface area contributed by atoms with Crippen LogP contribution in [0.4, 0.5) is 5.69 Å². The fourth-order valence-electron chi connectivity index (χ4n) is 1.84. The summed E-state index contributed by atoms with van der Waals surface area (Å²) in [6, 6.07) is 12.5. The first kappa shape index (κ1) is 15.4. The van der Waals surface area contributed by atoms with Crippen LogP contribution in [0.15, 0.2) is 46.9 Å². The minimum Gasteiger partial charge on any atom is -0.496 e. The number of rotatable bonds is 5. The Morgan fingerprint density at radius 1 is 1.24 bits per heavy atom. The van der Waals surface area contributed by atoms with Gasteiger partial charge in [0.2, 0.25) is 0 Å². The van der Waals surface area contributed by atoms with E-state index in [1.165, 1.54) is 0 Å². The predicted molar refractivity (Wildman–Crippen MR) is 86.3 cm³/mol. The van der Waals surface area contributed by atoms with Gasteiger partial charge in [0.1, 0.15) is 11.5 Å². The molecule has 2 aromatic rings. The maximum atomic E-state index is 12.2. The molecule has 0 saturated heterocycles. The summed E-state index contributed by atoms with van der Waals surface area (Å²) in [6.45, 7) is 2.47. The molecular weight excluding hydrogens is 334 g/mol. The number of ether oxygens (including phenoxy) is 2. The molecule has 0 atom stereocenters. The lowest BCUT2D eigenvalue weighted by Crippen LogP contribution is -2.12. The number of amides is 1. The summed E-state index contributed by atoms with van der Waals surface area (Å²) in [5.41, 5.74) is 1.24. The molecule has 0 saturated carbocycles. The third kappa shape index (κ3) is 3.98. The molecule has 0 heterocycles. The number of methoxy groups -OCH3 is 1. The van der Waals surface area contributed by atoms with E-state index in [1.807, 2.05) is 13.0 Å². The molecular formula is C16H16BrNO3. The van der Waals surface area contributed by atoms with E-state index in [-0.39, 0.29) is 5.91 Å². The second kappa shape index (κ2) is 7.13. The van der Waals surface area contributed by atoms with Crippen molar-refractivity contribution in [1.29, 1.82) is 0 Å². The first-order valence-electron chi connectivity index (χ1n) is 6.51. The molecule has 0 radical (unpaired) electrons. The molecule has 0 aliphatic rings. The first-order chi connectivity index (χ1) is 10.1. The molecule has 110 valence electrons. The molecule has 2 aromatic carbocycles. The standard InChI is InChI=1S/C16H16BrNO3/c1-3-21-13-6-4-5-11(9-13)16(19)18-12-7-8-15(20-2)14(17)10-12/h4-10H,3H2,1-2H3,(H,18,19). The lowest BCUT2D eigenvalue weighted by Gasteiger charge is -2.09. The average molecular weight is 350 g/mol. The van der Waals surface area contributed by atoms with Gasteiger partial charge < -0.3 is 14.8 Å². The molecule has 0 spiro atoms. The fraction of sp³-hybridized carbons (Fsp3) is 0.188. The lowest BCUT2D eigenvalue weighted by molar-refractivity contribution is 0.102. The van der Waals surface area contributed by atoms with Crippen molar-refractivity contribution in [3.05, 3.63) is 52.5 Å². The number of hydrogen-bond donors (Lipinski definition) is 1. The van der Waals surface area contributed by atoms with Crippen LogP contribution in [0.5, 0.6) is 11.5 Å². The smallest absolute Gasteiger partial charge is 0.255 e. The number of anilines is 1. The van der Waals surface area contributed by atoms with Gasteiger partial charge >= 0.3 is 0 Å². The minimum absolute atomic E-state index is 0.186. The summed E-state index contributed by atoms with van der Waals surface area (Å²) < 4.78 is 11.3. The number of nitrogens with one attached hydrogen (secondary N) is 1. The molecule has 5 heteroatoms. The van der Waals surface area contributed by atoms with Crippen molar-refractivity contribution in [1.82, 2.24) is 0 Å². The van der Waals surface area contributed by atoms with Gasteiger partial charge in [0.15, 0.2) is 0 Å². The Balaban J connectivity index is 2.14. The second-order valence-electron chi connectivity index (χ2n) is 4.26. The van der Waals surface area contributed by atoms with Crippen molar-refractivity contribution >= 4 is 27.5 Å².